The van der Waals surface area contributed by atoms with Crippen molar-refractivity contribution in [1.29, 1.82) is 0 Å². The number of esters is 1. The van der Waals surface area contributed by atoms with Crippen molar-refractivity contribution in [2.24, 2.45) is 0 Å². The number of halogens is 1. The molecular weight excluding hydrogens is 310 g/mol. The molecule has 116 valence electrons. The fourth-order valence-corrected chi connectivity index (χ4v) is 1.75. The minimum absolute atomic E-state index is 0.288. The molecule has 0 aliphatic rings. The summed E-state index contributed by atoms with van der Waals surface area (Å²) in [6.07, 6.45) is 1.35. The monoisotopic (exact) mass is 323 g/mol. The predicted molar refractivity (Wildman–Crippen MR) is 78.6 cm³/mol. The van der Waals surface area contributed by atoms with E-state index in [4.69, 9.17) is 16.3 Å². The van der Waals surface area contributed by atoms with Crippen LogP contribution < -0.4 is 5.32 Å². The lowest BCUT2D eigenvalue weighted by Gasteiger charge is -2.19. The molecule has 0 fully saturated rings. The smallest absolute Gasteiger partial charge is 0.397 e. The van der Waals surface area contributed by atoms with E-state index in [0.29, 0.717) is 10.7 Å². The van der Waals surface area contributed by atoms with E-state index in [1.165, 1.54) is 17.1 Å². The van der Waals surface area contributed by atoms with Crippen molar-refractivity contribution in [3.05, 3.63) is 29.5 Å². The van der Waals surface area contributed by atoms with Crippen LogP contribution in [0.5, 0.6) is 0 Å². The van der Waals surface area contributed by atoms with Gasteiger partial charge in [-0.05, 0) is 49.4 Å². The van der Waals surface area contributed by atoms with Crippen molar-refractivity contribution in [3.8, 4) is 5.69 Å². The van der Waals surface area contributed by atoms with Crippen LogP contribution in [0.25, 0.3) is 5.69 Å². The summed E-state index contributed by atoms with van der Waals surface area (Å²) in [6, 6.07) is 4.71. The molecule has 0 atom stereocenters. The molecule has 2 rings (SSSR count). The summed E-state index contributed by atoms with van der Waals surface area (Å²) < 4.78 is 6.34. The second-order valence-electron chi connectivity index (χ2n) is 5.37. The number of aromatic nitrogens is 4. The van der Waals surface area contributed by atoms with Crippen LogP contribution in [0.1, 0.15) is 20.8 Å². The first-order chi connectivity index (χ1) is 10.3. The lowest BCUT2D eigenvalue weighted by atomic mass is 10.2. The fraction of sp³-hybridized carbons (Fsp3) is 0.308. The van der Waals surface area contributed by atoms with Gasteiger partial charge in [0.2, 0.25) is 0 Å². The van der Waals surface area contributed by atoms with Crippen molar-refractivity contribution >= 4 is 29.2 Å². The number of nitrogens with zero attached hydrogens (tertiary/aromatic N) is 4. The molecule has 1 amide bonds. The van der Waals surface area contributed by atoms with Crippen LogP contribution in [0.2, 0.25) is 5.02 Å². The van der Waals surface area contributed by atoms with Gasteiger partial charge in [0, 0.05) is 5.02 Å². The maximum atomic E-state index is 11.9. The quantitative estimate of drug-likeness (QED) is 0.665. The van der Waals surface area contributed by atoms with Gasteiger partial charge in [-0.25, -0.2) is 4.79 Å². The molecule has 1 aromatic carbocycles. The molecular formula is C13H14ClN5O3. The minimum atomic E-state index is -0.991. The summed E-state index contributed by atoms with van der Waals surface area (Å²) in [5, 5.41) is 13.6. The third-order valence-electron chi connectivity index (χ3n) is 2.39. The van der Waals surface area contributed by atoms with Gasteiger partial charge < -0.3 is 10.1 Å². The van der Waals surface area contributed by atoms with Gasteiger partial charge in [0.25, 0.3) is 0 Å². The highest BCUT2D eigenvalue weighted by Gasteiger charge is 2.24. The first-order valence-electron chi connectivity index (χ1n) is 6.33. The van der Waals surface area contributed by atoms with Crippen LogP contribution in [0.4, 0.5) is 5.69 Å². The van der Waals surface area contributed by atoms with E-state index in [1.807, 2.05) is 0 Å². The largest absolute Gasteiger partial charge is 0.453 e. The third-order valence-corrected chi connectivity index (χ3v) is 2.62. The van der Waals surface area contributed by atoms with Gasteiger partial charge in [-0.2, -0.15) is 4.68 Å². The van der Waals surface area contributed by atoms with Crippen molar-refractivity contribution in [2.45, 2.75) is 26.4 Å². The Hall–Kier alpha value is -2.48. The molecule has 1 heterocycles. The van der Waals surface area contributed by atoms with Crippen molar-refractivity contribution < 1.29 is 14.3 Å². The van der Waals surface area contributed by atoms with E-state index in [-0.39, 0.29) is 5.69 Å². The standard InChI is InChI=1S/C13H14ClN5O3/c1-13(2,3)22-12(21)11(20)16-9-6-8(14)4-5-10(9)19-7-15-17-18-19/h4-7H,1-3H3,(H,16,20). The normalized spacial score (nSPS) is 11.1. The fourth-order valence-electron chi connectivity index (χ4n) is 1.58. The highest BCUT2D eigenvalue weighted by molar-refractivity contribution is 6.38. The number of tetrazole rings is 1. The summed E-state index contributed by atoms with van der Waals surface area (Å²) in [4.78, 5) is 23.7. The number of hydrogen-bond acceptors (Lipinski definition) is 6. The maximum absolute atomic E-state index is 11.9. The highest BCUT2D eigenvalue weighted by atomic mass is 35.5. The average Bonchev–Trinajstić information content (AvgIpc) is 2.90. The van der Waals surface area contributed by atoms with Crippen LogP contribution in [-0.2, 0) is 14.3 Å². The predicted octanol–water partition coefficient (Wildman–Crippen LogP) is 1.60. The molecule has 2 aromatic rings. The Labute approximate surface area is 131 Å². The zero-order chi connectivity index (χ0) is 16.3. The van der Waals surface area contributed by atoms with Crippen LogP contribution >= 0.6 is 11.6 Å². The summed E-state index contributed by atoms with van der Waals surface area (Å²) >= 11 is 5.92. The number of ether oxygens (including phenoxy) is 1. The van der Waals surface area contributed by atoms with Gasteiger partial charge >= 0.3 is 11.9 Å². The lowest BCUT2D eigenvalue weighted by Crippen LogP contribution is -2.32. The lowest BCUT2D eigenvalue weighted by molar-refractivity contribution is -0.161. The van der Waals surface area contributed by atoms with E-state index >= 15 is 0 Å². The Balaban J connectivity index is 2.24. The summed E-state index contributed by atoms with van der Waals surface area (Å²) in [7, 11) is 0. The molecule has 0 spiro atoms. The molecule has 0 saturated carbocycles. The van der Waals surface area contributed by atoms with E-state index < -0.39 is 17.5 Å². The van der Waals surface area contributed by atoms with Crippen LogP contribution in [0, 0.1) is 0 Å². The van der Waals surface area contributed by atoms with Gasteiger partial charge in [-0.15, -0.1) is 5.10 Å². The molecule has 1 N–H and O–H groups in total. The van der Waals surface area contributed by atoms with Crippen molar-refractivity contribution in [3.63, 3.8) is 0 Å². The van der Waals surface area contributed by atoms with Crippen LogP contribution in [0.3, 0.4) is 0 Å². The van der Waals surface area contributed by atoms with Crippen LogP contribution in [0.15, 0.2) is 24.5 Å². The molecule has 1 aromatic heterocycles. The molecule has 0 aliphatic carbocycles. The third kappa shape index (κ3) is 4.01. The van der Waals surface area contributed by atoms with Gasteiger partial charge in [0.1, 0.15) is 11.9 Å². The molecule has 0 bridgehead atoms. The van der Waals surface area contributed by atoms with Gasteiger partial charge in [-0.3, -0.25) is 4.79 Å². The van der Waals surface area contributed by atoms with E-state index in [2.05, 4.69) is 20.8 Å². The Morgan fingerprint density at radius 3 is 2.64 bits per heavy atom. The first kappa shape index (κ1) is 15.9. The number of carbonyl (C=O) groups is 2. The Morgan fingerprint density at radius 2 is 2.05 bits per heavy atom. The molecule has 22 heavy (non-hydrogen) atoms. The summed E-state index contributed by atoms with van der Waals surface area (Å²) in [5.41, 5.74) is -0.0107. The van der Waals surface area contributed by atoms with Gasteiger partial charge in [0.05, 0.1) is 11.4 Å². The topological polar surface area (TPSA) is 99.0 Å². The number of hydrogen-bond donors (Lipinski definition) is 1. The maximum Gasteiger partial charge on any atom is 0.397 e. The minimum Gasteiger partial charge on any atom is -0.453 e. The Kier molecular flexibility index (Phi) is 4.41. The Morgan fingerprint density at radius 1 is 1.32 bits per heavy atom. The number of amides is 1. The van der Waals surface area contributed by atoms with E-state index in [9.17, 15) is 9.59 Å². The van der Waals surface area contributed by atoms with E-state index in [0.717, 1.165) is 0 Å². The SMILES string of the molecule is CC(C)(C)OC(=O)C(=O)Nc1cc(Cl)ccc1-n1cnnn1. The molecule has 0 unspecified atom stereocenters. The number of nitrogens with one attached hydrogen (secondary N) is 1. The summed E-state index contributed by atoms with van der Waals surface area (Å²) in [6.45, 7) is 5.01. The Bertz CT molecular complexity index is 694. The first-order valence-corrected chi connectivity index (χ1v) is 6.71. The molecule has 0 radical (unpaired) electrons. The van der Waals surface area contributed by atoms with Crippen molar-refractivity contribution in [1.82, 2.24) is 20.2 Å². The zero-order valence-electron chi connectivity index (χ0n) is 12.2. The number of anilines is 1. The summed E-state index contributed by atoms with van der Waals surface area (Å²) in [5.74, 6) is -1.90. The van der Waals surface area contributed by atoms with E-state index in [1.54, 1.807) is 32.9 Å². The second-order valence-corrected chi connectivity index (χ2v) is 5.81. The molecule has 8 nitrogen and oxygen atoms in total. The highest BCUT2D eigenvalue weighted by Crippen LogP contribution is 2.24. The number of benzene rings is 1. The molecule has 0 saturated heterocycles. The van der Waals surface area contributed by atoms with Crippen LogP contribution in [-0.4, -0.2) is 37.7 Å². The molecule has 9 heteroatoms. The molecule has 0 aliphatic heterocycles. The van der Waals surface area contributed by atoms with Gasteiger partial charge in [0.15, 0.2) is 0 Å². The zero-order valence-corrected chi connectivity index (χ0v) is 13.0. The van der Waals surface area contributed by atoms with Gasteiger partial charge in [-0.1, -0.05) is 11.6 Å². The second kappa shape index (κ2) is 6.10. The number of rotatable bonds is 2. The van der Waals surface area contributed by atoms with Crippen molar-refractivity contribution in [2.75, 3.05) is 5.32 Å². The number of carbonyl (C=O) groups excluding carboxylic acids is 2. The average molecular weight is 324 g/mol.